The van der Waals surface area contributed by atoms with Crippen molar-refractivity contribution in [3.8, 4) is 17.2 Å². The SMILES string of the molecule is C[C@@H](Cc1c(F)cc(CCc2ccc(-c3ccc(C#N)cc3)cc2)cc1F)c1ccccc1. The van der Waals surface area contributed by atoms with Crippen LogP contribution in [0, 0.1) is 23.0 Å². The first-order valence-electron chi connectivity index (χ1n) is 11.1. The lowest BCUT2D eigenvalue weighted by Crippen LogP contribution is -2.05. The molecule has 0 aromatic heterocycles. The van der Waals surface area contributed by atoms with Crippen LogP contribution >= 0.6 is 0 Å². The number of nitrogens with zero attached hydrogens (tertiary/aromatic N) is 1. The smallest absolute Gasteiger partial charge is 0.129 e. The maximum atomic E-state index is 14.7. The molecule has 1 nitrogen and oxygen atoms in total. The second-order valence-corrected chi connectivity index (χ2v) is 8.44. The first-order chi connectivity index (χ1) is 16.0. The van der Waals surface area contributed by atoms with Crippen LogP contribution in [-0.4, -0.2) is 0 Å². The standard InChI is InChI=1S/C30H25F2N/c1-21(25-5-3-2-4-6-25)17-28-29(31)18-24(19-30(28)32)8-7-22-9-13-26(14-10-22)27-15-11-23(20-33)12-16-27/h2-6,9-16,18-19,21H,7-8,17H2,1H3/t21-/m0/s1. The third kappa shape index (κ3) is 5.54. The van der Waals surface area contributed by atoms with Gasteiger partial charge in [-0.05, 0) is 77.3 Å². The molecular weight excluding hydrogens is 412 g/mol. The van der Waals surface area contributed by atoms with Crippen molar-refractivity contribution in [3.63, 3.8) is 0 Å². The van der Waals surface area contributed by atoms with Gasteiger partial charge < -0.3 is 0 Å². The van der Waals surface area contributed by atoms with Gasteiger partial charge in [-0.1, -0.05) is 73.7 Å². The molecule has 0 saturated carbocycles. The molecule has 164 valence electrons. The summed E-state index contributed by atoms with van der Waals surface area (Å²) in [6.45, 7) is 1.99. The fourth-order valence-corrected chi connectivity index (χ4v) is 4.09. The van der Waals surface area contributed by atoms with Gasteiger partial charge in [-0.15, -0.1) is 0 Å². The Morgan fingerprint density at radius 2 is 1.27 bits per heavy atom. The Morgan fingerprint density at radius 1 is 0.727 bits per heavy atom. The van der Waals surface area contributed by atoms with Crippen molar-refractivity contribution in [2.75, 3.05) is 0 Å². The van der Waals surface area contributed by atoms with E-state index in [1.54, 1.807) is 12.1 Å². The number of hydrogen-bond acceptors (Lipinski definition) is 1. The normalized spacial score (nSPS) is 11.7. The number of hydrogen-bond donors (Lipinski definition) is 0. The zero-order chi connectivity index (χ0) is 23.2. The third-order valence-corrected chi connectivity index (χ3v) is 6.08. The second kappa shape index (κ2) is 10.2. The molecule has 4 aromatic carbocycles. The maximum Gasteiger partial charge on any atom is 0.129 e. The van der Waals surface area contributed by atoms with Crippen molar-refractivity contribution in [2.24, 2.45) is 0 Å². The van der Waals surface area contributed by atoms with Crippen LogP contribution in [0.1, 0.15) is 40.7 Å². The highest BCUT2D eigenvalue weighted by Crippen LogP contribution is 2.26. The van der Waals surface area contributed by atoms with Gasteiger partial charge in [-0.3, -0.25) is 0 Å². The van der Waals surface area contributed by atoms with Crippen LogP contribution in [0.3, 0.4) is 0 Å². The largest absolute Gasteiger partial charge is 0.207 e. The first kappa shape index (κ1) is 22.4. The fraction of sp³-hybridized carbons (Fsp3) is 0.167. The van der Waals surface area contributed by atoms with Crippen LogP contribution in [-0.2, 0) is 19.3 Å². The van der Waals surface area contributed by atoms with Crippen LogP contribution < -0.4 is 0 Å². The molecule has 1 atom stereocenters. The Morgan fingerprint density at radius 3 is 1.85 bits per heavy atom. The summed E-state index contributed by atoms with van der Waals surface area (Å²) in [4.78, 5) is 0. The summed E-state index contributed by atoms with van der Waals surface area (Å²) in [5, 5.41) is 8.93. The lowest BCUT2D eigenvalue weighted by molar-refractivity contribution is 0.540. The van der Waals surface area contributed by atoms with Gasteiger partial charge in [0.15, 0.2) is 0 Å². The molecular formula is C30H25F2N. The van der Waals surface area contributed by atoms with Gasteiger partial charge in [0, 0.05) is 5.56 Å². The zero-order valence-corrected chi connectivity index (χ0v) is 18.6. The first-order valence-corrected chi connectivity index (χ1v) is 11.1. The number of halogens is 2. The summed E-state index contributed by atoms with van der Waals surface area (Å²) in [6.07, 6.45) is 1.60. The number of rotatable bonds is 7. The van der Waals surface area contributed by atoms with Crippen molar-refractivity contribution >= 4 is 0 Å². The Balaban J connectivity index is 1.40. The third-order valence-electron chi connectivity index (χ3n) is 6.08. The highest BCUT2D eigenvalue weighted by atomic mass is 19.1. The molecule has 0 aliphatic heterocycles. The number of benzene rings is 4. The Kier molecular flexibility index (Phi) is 6.95. The summed E-state index contributed by atoms with van der Waals surface area (Å²) in [7, 11) is 0. The monoisotopic (exact) mass is 437 g/mol. The van der Waals surface area contributed by atoms with E-state index in [9.17, 15) is 8.78 Å². The molecule has 4 aromatic rings. The molecule has 0 N–H and O–H groups in total. The van der Waals surface area contributed by atoms with Gasteiger partial charge in [0.25, 0.3) is 0 Å². The van der Waals surface area contributed by atoms with Crippen molar-refractivity contribution in [1.29, 1.82) is 5.26 Å². The Hall–Kier alpha value is -3.77. The maximum absolute atomic E-state index is 14.7. The highest BCUT2D eigenvalue weighted by molar-refractivity contribution is 5.64. The van der Waals surface area contributed by atoms with Gasteiger partial charge in [-0.25, -0.2) is 8.78 Å². The lowest BCUT2D eigenvalue weighted by atomic mass is 9.92. The average Bonchev–Trinajstić information content (AvgIpc) is 2.86. The van der Waals surface area contributed by atoms with Gasteiger partial charge in [0.05, 0.1) is 11.6 Å². The van der Waals surface area contributed by atoms with Gasteiger partial charge in [0.2, 0.25) is 0 Å². The molecule has 0 radical (unpaired) electrons. The van der Waals surface area contributed by atoms with Gasteiger partial charge in [0.1, 0.15) is 11.6 Å². The molecule has 33 heavy (non-hydrogen) atoms. The molecule has 0 spiro atoms. The van der Waals surface area contributed by atoms with E-state index in [1.807, 2.05) is 73.7 Å². The molecule has 0 aliphatic rings. The molecule has 3 heteroatoms. The van der Waals surface area contributed by atoms with Crippen LogP contribution in [0.15, 0.2) is 91.0 Å². The Labute approximate surface area is 194 Å². The van der Waals surface area contributed by atoms with Gasteiger partial charge in [-0.2, -0.15) is 5.26 Å². The minimum absolute atomic E-state index is 0.0377. The molecule has 0 saturated heterocycles. The summed E-state index contributed by atoms with van der Waals surface area (Å²) in [6, 6.07) is 30.5. The summed E-state index contributed by atoms with van der Waals surface area (Å²) >= 11 is 0. The van der Waals surface area contributed by atoms with E-state index in [1.165, 1.54) is 12.1 Å². The van der Waals surface area contributed by atoms with Crippen LogP contribution in [0.2, 0.25) is 0 Å². The predicted molar refractivity (Wildman–Crippen MR) is 129 cm³/mol. The number of nitriles is 1. The van der Waals surface area contributed by atoms with Crippen LogP contribution in [0.4, 0.5) is 8.78 Å². The van der Waals surface area contributed by atoms with E-state index in [0.717, 1.165) is 22.3 Å². The lowest BCUT2D eigenvalue weighted by Gasteiger charge is -2.14. The van der Waals surface area contributed by atoms with E-state index in [-0.39, 0.29) is 11.5 Å². The molecule has 0 unspecified atom stereocenters. The topological polar surface area (TPSA) is 23.8 Å². The molecule has 0 bridgehead atoms. The average molecular weight is 438 g/mol. The van der Waals surface area contributed by atoms with E-state index >= 15 is 0 Å². The molecule has 0 heterocycles. The van der Waals surface area contributed by atoms with E-state index in [0.29, 0.717) is 30.4 Å². The quantitative estimate of drug-likeness (QED) is 0.291. The Bertz CT molecular complexity index is 1230. The molecule has 4 rings (SSSR count). The van der Waals surface area contributed by atoms with Crippen molar-refractivity contribution in [3.05, 3.63) is 130 Å². The zero-order valence-electron chi connectivity index (χ0n) is 18.6. The van der Waals surface area contributed by atoms with E-state index < -0.39 is 11.6 Å². The molecule has 0 amide bonds. The minimum Gasteiger partial charge on any atom is -0.207 e. The second-order valence-electron chi connectivity index (χ2n) is 8.44. The highest BCUT2D eigenvalue weighted by Gasteiger charge is 2.15. The van der Waals surface area contributed by atoms with E-state index in [2.05, 4.69) is 6.07 Å². The van der Waals surface area contributed by atoms with Gasteiger partial charge >= 0.3 is 0 Å². The summed E-state index contributed by atoms with van der Waals surface area (Å²) in [5.41, 5.74) is 5.75. The van der Waals surface area contributed by atoms with Crippen LogP contribution in [0.25, 0.3) is 11.1 Å². The summed E-state index contributed by atoms with van der Waals surface area (Å²) < 4.78 is 29.5. The minimum atomic E-state index is -0.469. The fourth-order valence-electron chi connectivity index (χ4n) is 4.09. The summed E-state index contributed by atoms with van der Waals surface area (Å²) in [5.74, 6) is -0.899. The van der Waals surface area contributed by atoms with Crippen molar-refractivity contribution < 1.29 is 8.78 Å². The predicted octanol–water partition coefficient (Wildman–Crippen LogP) is 7.63. The molecule has 0 fully saturated rings. The van der Waals surface area contributed by atoms with Crippen molar-refractivity contribution in [1.82, 2.24) is 0 Å². The van der Waals surface area contributed by atoms with E-state index in [4.69, 9.17) is 5.26 Å². The van der Waals surface area contributed by atoms with Crippen LogP contribution in [0.5, 0.6) is 0 Å². The molecule has 0 aliphatic carbocycles. The van der Waals surface area contributed by atoms with Crippen molar-refractivity contribution in [2.45, 2.75) is 32.1 Å². The number of aryl methyl sites for hydroxylation is 2.